The van der Waals surface area contributed by atoms with Crippen LogP contribution in [0.5, 0.6) is 0 Å². The largest absolute Gasteiger partial charge is 0.480 e. The molecule has 2 heterocycles. The van der Waals surface area contributed by atoms with Crippen molar-refractivity contribution in [1.82, 2.24) is 42.1 Å². The number of aliphatic carboxylic acids is 1. The van der Waals surface area contributed by atoms with Crippen LogP contribution in [0.25, 0.3) is 0 Å². The molecule has 1 unspecified atom stereocenters. The number of phosphoric ester groups is 1. The van der Waals surface area contributed by atoms with Crippen molar-refractivity contribution in [2.24, 2.45) is 11.8 Å². The van der Waals surface area contributed by atoms with Gasteiger partial charge in [0.05, 0.1) is 32.9 Å². The molecule has 30 heteroatoms. The van der Waals surface area contributed by atoms with Crippen LogP contribution in [-0.2, 0) is 85.2 Å². The quantitative estimate of drug-likeness (QED) is 0.00898. The minimum absolute atomic E-state index is 0.0348. The third-order valence-electron chi connectivity index (χ3n) is 18.5. The van der Waals surface area contributed by atoms with Crippen LogP contribution in [0.1, 0.15) is 298 Å². The van der Waals surface area contributed by atoms with E-state index in [1.807, 2.05) is 27.7 Å². The summed E-state index contributed by atoms with van der Waals surface area (Å²) in [6, 6.07) is -3.12. The average Bonchev–Trinajstić information content (AvgIpc) is 1.64. The number of likely N-dealkylation sites (tertiary alicyclic amines) is 1. The number of amides is 8. The van der Waals surface area contributed by atoms with Gasteiger partial charge in [-0.1, -0.05) is 234 Å². The van der Waals surface area contributed by atoms with E-state index in [0.717, 1.165) is 51.4 Å². The Morgan fingerprint density at radius 3 is 1.44 bits per heavy atom. The van der Waals surface area contributed by atoms with Gasteiger partial charge in [0.15, 0.2) is 18.3 Å². The molecule has 2 fully saturated rings. The highest BCUT2D eigenvalue weighted by Gasteiger charge is 2.52. The van der Waals surface area contributed by atoms with Gasteiger partial charge in [-0.3, -0.25) is 52.2 Å². The number of unbranched alkanes of at least 4 members (excludes halogenated alkanes) is 31. The highest BCUT2D eigenvalue weighted by Crippen LogP contribution is 2.43. The third-order valence-corrected chi connectivity index (χ3v) is 19.5. The number of alkyl carbamates (subject to hydrolysis) is 1. The number of hydrogen-bond acceptors (Lipinski definition) is 19. The zero-order chi connectivity index (χ0) is 78.7. The van der Waals surface area contributed by atoms with E-state index in [0.29, 0.717) is 51.6 Å². The Labute approximate surface area is 638 Å². The second-order valence-corrected chi connectivity index (χ2v) is 30.9. The van der Waals surface area contributed by atoms with Gasteiger partial charge in [-0.05, 0) is 63.2 Å². The first-order valence-electron chi connectivity index (χ1n) is 40.8. The first-order valence-corrected chi connectivity index (χ1v) is 42.3. The van der Waals surface area contributed by atoms with Crippen LogP contribution in [0, 0.1) is 11.8 Å². The molecule has 0 aliphatic carbocycles. The molecule has 0 bridgehead atoms. The van der Waals surface area contributed by atoms with Crippen LogP contribution in [0.15, 0.2) is 0 Å². The summed E-state index contributed by atoms with van der Waals surface area (Å²) in [4.78, 5) is 152. The molecule has 2 aliphatic heterocycles. The fourth-order valence-corrected chi connectivity index (χ4v) is 13.2. The second kappa shape index (κ2) is 61.7. The van der Waals surface area contributed by atoms with Gasteiger partial charge in [0.25, 0.3) is 11.8 Å². The Hall–Kier alpha value is -6.00. The average molecular weight is 1540 g/mol. The topological polar surface area (TPSA) is 401 Å². The Balaban J connectivity index is 1.59. The number of esters is 2. The molecule has 0 radical (unpaired) electrons. The summed E-state index contributed by atoms with van der Waals surface area (Å²) in [6.07, 6.45) is 35.6. The number of carboxylic acid groups (broad SMARTS) is 1. The molecular formula is C77H139N8O21P. The van der Waals surface area contributed by atoms with E-state index in [4.69, 9.17) is 32.7 Å². The van der Waals surface area contributed by atoms with E-state index in [9.17, 15) is 67.3 Å². The fourth-order valence-electron chi connectivity index (χ4n) is 12.4. The summed E-state index contributed by atoms with van der Waals surface area (Å²) in [7, 11) is -4.72. The van der Waals surface area contributed by atoms with Crippen molar-refractivity contribution in [2.45, 2.75) is 335 Å². The molecular weight excluding hydrogens is 1400 g/mol. The van der Waals surface area contributed by atoms with Gasteiger partial charge in [0.2, 0.25) is 29.5 Å². The lowest BCUT2D eigenvalue weighted by Crippen LogP contribution is -2.53. The van der Waals surface area contributed by atoms with E-state index in [-0.39, 0.29) is 89.5 Å². The number of ether oxygens (including phenoxy) is 5. The van der Waals surface area contributed by atoms with Crippen molar-refractivity contribution < 1.29 is 100 Å². The first-order chi connectivity index (χ1) is 51.5. The fraction of sp³-hybridized carbons (Fsp3) is 0.857. The number of carbonyl (C=O) groups excluding carboxylic acids is 10. The molecule has 0 saturated carbocycles. The van der Waals surface area contributed by atoms with E-state index in [1.54, 1.807) is 0 Å². The maximum Gasteiger partial charge on any atom is 0.472 e. The van der Waals surface area contributed by atoms with Gasteiger partial charge < -0.3 is 75.8 Å². The van der Waals surface area contributed by atoms with E-state index in [1.165, 1.54) is 146 Å². The van der Waals surface area contributed by atoms with Gasteiger partial charge >= 0.3 is 31.8 Å². The number of epoxide rings is 1. The lowest BCUT2D eigenvalue weighted by molar-refractivity contribution is -0.161. The maximum absolute atomic E-state index is 13.4. The highest BCUT2D eigenvalue weighted by atomic mass is 31.2. The van der Waals surface area contributed by atoms with Gasteiger partial charge in [0.1, 0.15) is 37.9 Å². The van der Waals surface area contributed by atoms with Crippen molar-refractivity contribution in [3.05, 3.63) is 0 Å². The number of nitrogens with zero attached hydrogens (tertiary/aromatic N) is 1. The molecule has 9 N–H and O–H groups in total. The van der Waals surface area contributed by atoms with Crippen molar-refractivity contribution in [2.75, 3.05) is 78.9 Å². The Kier molecular flexibility index (Phi) is 56.0. The van der Waals surface area contributed by atoms with Gasteiger partial charge in [-0.2, -0.15) is 0 Å². The van der Waals surface area contributed by atoms with Crippen molar-refractivity contribution in [3.8, 4) is 0 Å². The number of phosphoric acid groups is 1. The lowest BCUT2D eigenvalue weighted by Gasteiger charge is -2.28. The van der Waals surface area contributed by atoms with Crippen LogP contribution in [0.2, 0.25) is 0 Å². The number of hydrogen-bond donors (Lipinski definition) is 9. The Bertz CT molecular complexity index is 2570. The SMILES string of the molecule is CCCCCCCCCCCCCCCCCC(=O)OC[C@H](COP(=O)(O)OCCNC(=O)OCCOCC(=O)NCCCCCCNC(=O)CNC(=O)CNC(=O)[C@H](CC(C)C)NC(=O)[C@H]1O[C@@H]1C(=O)N[C@@H](CC(C)C)C(=O)N1CCC[C@H]1C(=O)O)OC(=O)CCCCCCCCCCCCCCCCC. The zero-order valence-corrected chi connectivity index (χ0v) is 66.8. The summed E-state index contributed by atoms with van der Waals surface area (Å²) in [6.45, 7) is 9.70. The summed E-state index contributed by atoms with van der Waals surface area (Å²) >= 11 is 0. The Morgan fingerprint density at radius 1 is 0.486 bits per heavy atom. The van der Waals surface area contributed by atoms with Gasteiger partial charge in [-0.15, -0.1) is 0 Å². The molecule has 8 amide bonds. The first kappa shape index (κ1) is 97.1. The summed E-state index contributed by atoms with van der Waals surface area (Å²) in [5, 5.41) is 27.5. The predicted octanol–water partition coefficient (Wildman–Crippen LogP) is 10.8. The molecule has 0 spiro atoms. The normalized spacial score (nSPS) is 16.0. The van der Waals surface area contributed by atoms with Gasteiger partial charge in [0, 0.05) is 39.0 Å². The number of nitrogens with one attached hydrogen (secondary N) is 7. The van der Waals surface area contributed by atoms with E-state index < -0.39 is 123 Å². The van der Waals surface area contributed by atoms with Gasteiger partial charge in [-0.25, -0.2) is 14.2 Å². The molecule has 2 saturated heterocycles. The number of carboxylic acids is 1. The third kappa shape index (κ3) is 51.9. The smallest absolute Gasteiger partial charge is 0.472 e. The standard InChI is InChI=1S/C77H139N8O21P/c1-7-9-11-13-15-17-19-21-23-25-27-29-31-33-37-43-68(89)102-56-61(105-69(90)44-38-34-32-30-28-26-24-22-20-18-16-14-12-10-8-2)57-104-107(98,99)103-49-47-80-77(97)101-51-50-100-58-67(88)79-46-40-36-35-39-45-78-65(86)54-81-66(87)55-82-72(91)62(52-59(3)4)83-73(92)70-71(106-70)74(93)84-63(53-60(5)6)75(94)85-48-41-42-64(85)76(95)96/h59-64,70-71H,7-58H2,1-6H3,(H,78,86)(H,79,88)(H,80,97)(H,81,87)(H,82,91)(H,83,92)(H,84,93)(H,95,96)(H,98,99)/t61-,62+,63+,64+,70+,71+/m1/s1. The van der Waals surface area contributed by atoms with Crippen molar-refractivity contribution >= 4 is 73.2 Å². The molecule has 0 aromatic carbocycles. The van der Waals surface area contributed by atoms with Crippen LogP contribution < -0.4 is 37.2 Å². The van der Waals surface area contributed by atoms with E-state index in [2.05, 4.69) is 51.1 Å². The summed E-state index contributed by atoms with van der Waals surface area (Å²) in [5.41, 5.74) is 0. The summed E-state index contributed by atoms with van der Waals surface area (Å²) in [5.74, 6) is -6.39. The second-order valence-electron chi connectivity index (χ2n) is 29.4. The molecule has 618 valence electrons. The predicted molar refractivity (Wildman–Crippen MR) is 406 cm³/mol. The van der Waals surface area contributed by atoms with Crippen LogP contribution in [0.3, 0.4) is 0 Å². The van der Waals surface area contributed by atoms with Crippen molar-refractivity contribution in [1.29, 1.82) is 0 Å². The molecule has 2 rings (SSSR count). The Morgan fingerprint density at radius 2 is 0.935 bits per heavy atom. The van der Waals surface area contributed by atoms with E-state index >= 15 is 0 Å². The maximum atomic E-state index is 13.4. The molecule has 2 aliphatic rings. The highest BCUT2D eigenvalue weighted by molar-refractivity contribution is 7.47. The minimum Gasteiger partial charge on any atom is -0.480 e. The van der Waals surface area contributed by atoms with Crippen LogP contribution in [-0.4, -0.2) is 196 Å². The minimum atomic E-state index is -4.72. The lowest BCUT2D eigenvalue weighted by atomic mass is 10.0. The molecule has 107 heavy (non-hydrogen) atoms. The van der Waals surface area contributed by atoms with Crippen LogP contribution >= 0.6 is 7.82 Å². The number of rotatable bonds is 69. The zero-order valence-electron chi connectivity index (χ0n) is 65.9. The molecule has 29 nitrogen and oxygen atoms in total. The monoisotopic (exact) mass is 1540 g/mol. The summed E-state index contributed by atoms with van der Waals surface area (Å²) < 4.78 is 49.8. The van der Waals surface area contributed by atoms with Crippen molar-refractivity contribution in [3.63, 3.8) is 0 Å². The number of carbonyl (C=O) groups is 11. The van der Waals surface area contributed by atoms with Crippen LogP contribution in [0.4, 0.5) is 4.79 Å². The molecule has 0 aromatic rings. The molecule has 7 atom stereocenters. The molecule has 0 aromatic heterocycles.